The average Bonchev–Trinajstić information content (AvgIpc) is 2.85. The second-order valence-electron chi connectivity index (χ2n) is 6.80. The molecule has 1 heterocycles. The molecule has 2 rings (SSSR count). The van der Waals surface area contributed by atoms with Gasteiger partial charge < -0.3 is 14.8 Å². The Bertz CT molecular complexity index is 745. The summed E-state index contributed by atoms with van der Waals surface area (Å²) in [5, 5.41) is 12.5. The van der Waals surface area contributed by atoms with E-state index in [0.29, 0.717) is 12.5 Å². The molecule has 0 aliphatic heterocycles. The van der Waals surface area contributed by atoms with Gasteiger partial charge in [0.05, 0.1) is 12.7 Å². The maximum absolute atomic E-state index is 12.1. The lowest BCUT2D eigenvalue weighted by Gasteiger charge is -2.11. The molecule has 1 atom stereocenters. The Balaban J connectivity index is 2.08. The molecule has 1 aromatic carbocycles. The number of hydrogen-bond donors (Lipinski definition) is 2. The molecule has 0 aliphatic carbocycles. The number of amides is 1. The first-order valence-electron chi connectivity index (χ1n) is 8.27. The van der Waals surface area contributed by atoms with Gasteiger partial charge in [-0.15, -0.1) is 0 Å². The summed E-state index contributed by atoms with van der Waals surface area (Å²) >= 11 is 0. The molecule has 1 unspecified atom stereocenters. The number of nitrogens with one attached hydrogen (secondary N) is 1. The summed E-state index contributed by atoms with van der Waals surface area (Å²) in [6.45, 7) is 8.51. The highest BCUT2D eigenvalue weighted by Gasteiger charge is 2.15. The lowest BCUT2D eigenvalue weighted by molar-refractivity contribution is -0.138. The monoisotopic (exact) mass is 331 g/mol. The van der Waals surface area contributed by atoms with Crippen molar-refractivity contribution in [2.24, 2.45) is 5.92 Å². The molecule has 5 heteroatoms. The van der Waals surface area contributed by atoms with Crippen molar-refractivity contribution in [2.45, 2.75) is 46.5 Å². The topological polar surface area (TPSA) is 79.5 Å². The fraction of sp³-hybridized carbons (Fsp3) is 0.474. The number of aryl methyl sites for hydroxylation is 1. The Morgan fingerprint density at radius 2 is 1.96 bits per heavy atom. The maximum atomic E-state index is 12.1. The van der Waals surface area contributed by atoms with Crippen LogP contribution in [-0.2, 0) is 16.0 Å². The molecule has 1 amide bonds. The van der Waals surface area contributed by atoms with Gasteiger partial charge >= 0.3 is 5.97 Å². The molecule has 0 saturated heterocycles. The van der Waals surface area contributed by atoms with Gasteiger partial charge in [-0.05, 0) is 42.0 Å². The molecule has 130 valence electrons. The Morgan fingerprint density at radius 3 is 2.58 bits per heavy atom. The average molecular weight is 331 g/mol. The highest BCUT2D eigenvalue weighted by Crippen LogP contribution is 2.29. The van der Waals surface area contributed by atoms with Crippen LogP contribution < -0.4 is 5.32 Å². The molecule has 0 saturated carbocycles. The molecule has 0 bridgehead atoms. The summed E-state index contributed by atoms with van der Waals surface area (Å²) in [7, 11) is 0. The van der Waals surface area contributed by atoms with Gasteiger partial charge in [0, 0.05) is 23.9 Å². The predicted molar refractivity (Wildman–Crippen MR) is 93.2 cm³/mol. The molecule has 2 aromatic rings. The fourth-order valence-electron chi connectivity index (χ4n) is 2.90. The smallest absolute Gasteiger partial charge is 0.303 e. The SMILES string of the molecule is Cc1cc2occ(CC(=O)NCC(C)CC(=O)O)c2cc1C(C)C. The van der Waals surface area contributed by atoms with Gasteiger partial charge in [-0.2, -0.15) is 0 Å². The highest BCUT2D eigenvalue weighted by molar-refractivity contribution is 5.88. The van der Waals surface area contributed by atoms with Crippen LogP contribution in [0.2, 0.25) is 0 Å². The van der Waals surface area contributed by atoms with Crippen LogP contribution in [0.25, 0.3) is 11.0 Å². The number of aliphatic carboxylic acids is 1. The molecule has 2 N–H and O–H groups in total. The molecule has 5 nitrogen and oxygen atoms in total. The van der Waals surface area contributed by atoms with Crippen LogP contribution in [0.4, 0.5) is 0 Å². The normalized spacial score (nSPS) is 12.5. The standard InChI is InChI=1S/C19H25NO4/c1-11(2)15-8-16-14(10-24-17(16)6-13(15)4)7-18(21)20-9-12(3)5-19(22)23/h6,8,10-12H,5,7,9H2,1-4H3,(H,20,21)(H,22,23). The van der Waals surface area contributed by atoms with E-state index in [1.54, 1.807) is 13.2 Å². The van der Waals surface area contributed by atoms with Gasteiger partial charge in [-0.1, -0.05) is 20.8 Å². The van der Waals surface area contributed by atoms with E-state index in [4.69, 9.17) is 9.52 Å². The van der Waals surface area contributed by atoms with E-state index in [-0.39, 0.29) is 24.7 Å². The molecule has 0 spiro atoms. The molecular formula is C19H25NO4. The maximum Gasteiger partial charge on any atom is 0.303 e. The van der Waals surface area contributed by atoms with E-state index in [1.165, 1.54) is 11.1 Å². The Kier molecular flexibility index (Phi) is 5.65. The van der Waals surface area contributed by atoms with Crippen molar-refractivity contribution in [3.05, 3.63) is 35.1 Å². The predicted octanol–water partition coefficient (Wildman–Crippen LogP) is 3.63. The van der Waals surface area contributed by atoms with Gasteiger partial charge in [-0.25, -0.2) is 0 Å². The van der Waals surface area contributed by atoms with Gasteiger partial charge in [0.2, 0.25) is 5.91 Å². The van der Waals surface area contributed by atoms with Crippen LogP contribution in [0.3, 0.4) is 0 Å². The molecule has 24 heavy (non-hydrogen) atoms. The second kappa shape index (κ2) is 7.51. The van der Waals surface area contributed by atoms with Crippen molar-refractivity contribution in [1.29, 1.82) is 0 Å². The van der Waals surface area contributed by atoms with E-state index in [2.05, 4.69) is 32.2 Å². The summed E-state index contributed by atoms with van der Waals surface area (Å²) in [4.78, 5) is 22.8. The third kappa shape index (κ3) is 4.37. The van der Waals surface area contributed by atoms with E-state index in [0.717, 1.165) is 16.5 Å². The van der Waals surface area contributed by atoms with E-state index in [1.807, 2.05) is 6.07 Å². The van der Waals surface area contributed by atoms with Crippen molar-refractivity contribution in [1.82, 2.24) is 5.32 Å². The molecule has 0 radical (unpaired) electrons. The summed E-state index contributed by atoms with van der Waals surface area (Å²) in [5.74, 6) is -0.665. The van der Waals surface area contributed by atoms with Crippen molar-refractivity contribution >= 4 is 22.8 Å². The number of hydrogen-bond acceptors (Lipinski definition) is 3. The number of fused-ring (bicyclic) bond motifs is 1. The zero-order chi connectivity index (χ0) is 17.9. The van der Waals surface area contributed by atoms with Gasteiger partial charge in [0.15, 0.2) is 0 Å². The first-order valence-corrected chi connectivity index (χ1v) is 8.27. The van der Waals surface area contributed by atoms with Crippen molar-refractivity contribution in [3.8, 4) is 0 Å². The Hall–Kier alpha value is -2.30. The molecule has 0 fully saturated rings. The Labute approximate surface area is 142 Å². The molecule has 0 aliphatic rings. The van der Waals surface area contributed by atoms with Crippen molar-refractivity contribution in [3.63, 3.8) is 0 Å². The highest BCUT2D eigenvalue weighted by atomic mass is 16.4. The lowest BCUT2D eigenvalue weighted by atomic mass is 9.95. The van der Waals surface area contributed by atoms with Crippen LogP contribution >= 0.6 is 0 Å². The second-order valence-corrected chi connectivity index (χ2v) is 6.80. The number of carbonyl (C=O) groups excluding carboxylic acids is 1. The third-order valence-corrected chi connectivity index (χ3v) is 4.19. The lowest BCUT2D eigenvalue weighted by Crippen LogP contribution is -2.30. The third-order valence-electron chi connectivity index (χ3n) is 4.19. The summed E-state index contributed by atoms with van der Waals surface area (Å²) < 4.78 is 5.59. The zero-order valence-corrected chi connectivity index (χ0v) is 14.7. The van der Waals surface area contributed by atoms with Crippen LogP contribution in [0.1, 0.15) is 49.8 Å². The molecule has 1 aromatic heterocycles. The number of benzene rings is 1. The van der Waals surface area contributed by atoms with Crippen molar-refractivity contribution < 1.29 is 19.1 Å². The summed E-state index contributed by atoms with van der Waals surface area (Å²) in [6.07, 6.45) is 1.91. The minimum Gasteiger partial charge on any atom is -0.481 e. The van der Waals surface area contributed by atoms with Crippen LogP contribution in [0.5, 0.6) is 0 Å². The fourth-order valence-corrected chi connectivity index (χ4v) is 2.90. The summed E-state index contributed by atoms with van der Waals surface area (Å²) in [5.41, 5.74) is 4.08. The molecular weight excluding hydrogens is 306 g/mol. The van der Waals surface area contributed by atoms with E-state index >= 15 is 0 Å². The number of carboxylic acids is 1. The van der Waals surface area contributed by atoms with E-state index < -0.39 is 5.97 Å². The minimum absolute atomic E-state index is 0.0476. The van der Waals surface area contributed by atoms with Gasteiger partial charge in [-0.3, -0.25) is 9.59 Å². The van der Waals surface area contributed by atoms with E-state index in [9.17, 15) is 9.59 Å². The largest absolute Gasteiger partial charge is 0.481 e. The number of rotatable bonds is 7. The number of furan rings is 1. The van der Waals surface area contributed by atoms with Crippen LogP contribution in [0, 0.1) is 12.8 Å². The van der Waals surface area contributed by atoms with Crippen molar-refractivity contribution in [2.75, 3.05) is 6.54 Å². The van der Waals surface area contributed by atoms with Gasteiger partial charge in [0.1, 0.15) is 5.58 Å². The number of carbonyl (C=O) groups is 2. The van der Waals surface area contributed by atoms with Crippen LogP contribution in [0.15, 0.2) is 22.8 Å². The number of carboxylic acid groups (broad SMARTS) is 1. The first kappa shape index (κ1) is 18.0. The van der Waals surface area contributed by atoms with Gasteiger partial charge in [0.25, 0.3) is 0 Å². The summed E-state index contributed by atoms with van der Waals surface area (Å²) in [6, 6.07) is 4.12. The van der Waals surface area contributed by atoms with Crippen LogP contribution in [-0.4, -0.2) is 23.5 Å². The quantitative estimate of drug-likeness (QED) is 0.812. The Morgan fingerprint density at radius 1 is 1.25 bits per heavy atom. The zero-order valence-electron chi connectivity index (χ0n) is 14.7. The minimum atomic E-state index is -0.853. The first-order chi connectivity index (χ1) is 11.3.